The molecular formula is C10H16O2. The van der Waals surface area contributed by atoms with Gasteiger partial charge in [0.1, 0.15) is 0 Å². The van der Waals surface area contributed by atoms with Crippen molar-refractivity contribution >= 4 is 5.97 Å². The summed E-state index contributed by atoms with van der Waals surface area (Å²) < 4.78 is 4.52. The van der Waals surface area contributed by atoms with Crippen LogP contribution in [0.2, 0.25) is 0 Å². The molecule has 0 rings (SSSR count). The van der Waals surface area contributed by atoms with Gasteiger partial charge in [0.15, 0.2) is 0 Å². The molecule has 0 saturated heterocycles. The maximum atomic E-state index is 10.7. The van der Waals surface area contributed by atoms with Gasteiger partial charge in [-0.05, 0) is 12.3 Å². The highest BCUT2D eigenvalue weighted by Gasteiger charge is 1.95. The highest BCUT2D eigenvalue weighted by atomic mass is 16.5. The quantitative estimate of drug-likeness (QED) is 0.358. The minimum Gasteiger partial charge on any atom is -0.435 e. The smallest absolute Gasteiger partial charge is 0.314 e. The first-order valence-corrected chi connectivity index (χ1v) is 4.12. The van der Waals surface area contributed by atoms with Gasteiger partial charge in [0.25, 0.3) is 0 Å². The molecule has 0 bridgehead atoms. The molecule has 0 atom stereocenters. The zero-order chi connectivity index (χ0) is 9.40. The predicted octanol–water partition coefficient (Wildman–Crippen LogP) is 2.67. The summed E-state index contributed by atoms with van der Waals surface area (Å²) in [5.74, 6) is 0.377. The van der Waals surface area contributed by atoms with Crippen LogP contribution in [-0.4, -0.2) is 5.97 Å². The zero-order valence-electron chi connectivity index (χ0n) is 7.75. The van der Waals surface area contributed by atoms with Gasteiger partial charge in [-0.3, -0.25) is 4.79 Å². The number of allylic oxidation sites excluding steroid dienone is 1. The van der Waals surface area contributed by atoms with Crippen LogP contribution in [0.3, 0.4) is 0 Å². The van der Waals surface area contributed by atoms with Gasteiger partial charge in [0.2, 0.25) is 0 Å². The predicted molar refractivity (Wildman–Crippen MR) is 49.5 cm³/mol. The molecule has 2 heteroatoms. The van der Waals surface area contributed by atoms with E-state index < -0.39 is 0 Å². The van der Waals surface area contributed by atoms with Crippen molar-refractivity contribution in [3.63, 3.8) is 0 Å². The summed E-state index contributed by atoms with van der Waals surface area (Å²) in [4.78, 5) is 10.7. The molecule has 68 valence electrons. The van der Waals surface area contributed by atoms with Crippen molar-refractivity contribution in [2.75, 3.05) is 0 Å². The van der Waals surface area contributed by atoms with Gasteiger partial charge >= 0.3 is 5.97 Å². The molecule has 0 aromatic heterocycles. The molecule has 0 aromatic carbocycles. The Morgan fingerprint density at radius 2 is 2.17 bits per heavy atom. The lowest BCUT2D eigenvalue weighted by Crippen LogP contribution is -1.96. The van der Waals surface area contributed by atoms with Crippen LogP contribution >= 0.6 is 0 Å². The van der Waals surface area contributed by atoms with Crippen molar-refractivity contribution in [3.8, 4) is 0 Å². The number of ether oxygens (including phenoxy) is 1. The highest BCUT2D eigenvalue weighted by molar-refractivity contribution is 5.71. The first-order valence-electron chi connectivity index (χ1n) is 4.12. The van der Waals surface area contributed by atoms with E-state index in [1.54, 1.807) is 0 Å². The number of esters is 1. The Morgan fingerprint density at radius 3 is 2.67 bits per heavy atom. The second-order valence-electron chi connectivity index (χ2n) is 2.96. The van der Waals surface area contributed by atoms with Gasteiger partial charge in [0, 0.05) is 0 Å². The average Bonchev–Trinajstić information content (AvgIpc) is 1.98. The van der Waals surface area contributed by atoms with Crippen molar-refractivity contribution in [2.24, 2.45) is 5.92 Å². The summed E-state index contributed by atoms with van der Waals surface area (Å²) in [6.07, 6.45) is 6.31. The normalized spacial score (nSPS) is 10.6. The van der Waals surface area contributed by atoms with E-state index in [2.05, 4.69) is 25.2 Å². The summed E-state index contributed by atoms with van der Waals surface area (Å²) in [5, 5.41) is 0. The van der Waals surface area contributed by atoms with Crippen molar-refractivity contribution < 1.29 is 9.53 Å². The van der Waals surface area contributed by atoms with Gasteiger partial charge < -0.3 is 4.74 Å². The summed E-state index contributed by atoms with van der Waals surface area (Å²) >= 11 is 0. The summed E-state index contributed by atoms with van der Waals surface area (Å²) in [6, 6.07) is 0. The van der Waals surface area contributed by atoms with Gasteiger partial charge in [0.05, 0.1) is 12.7 Å². The van der Waals surface area contributed by atoms with Gasteiger partial charge in [-0.25, -0.2) is 0 Å². The first kappa shape index (κ1) is 11.0. The Labute approximate surface area is 73.9 Å². The van der Waals surface area contributed by atoms with E-state index in [4.69, 9.17) is 0 Å². The zero-order valence-corrected chi connectivity index (χ0v) is 7.75. The largest absolute Gasteiger partial charge is 0.435 e. The van der Waals surface area contributed by atoms with E-state index >= 15 is 0 Å². The fraction of sp³-hybridized carbons (Fsp3) is 0.500. The SMILES string of the molecule is C=COC(=O)CC=CCC(C)C. The van der Waals surface area contributed by atoms with E-state index in [-0.39, 0.29) is 5.97 Å². The third kappa shape index (κ3) is 7.06. The molecule has 0 aliphatic rings. The summed E-state index contributed by atoms with van der Waals surface area (Å²) in [5.41, 5.74) is 0. The van der Waals surface area contributed by atoms with E-state index in [1.807, 2.05) is 12.2 Å². The van der Waals surface area contributed by atoms with Crippen LogP contribution in [0, 0.1) is 5.92 Å². The lowest BCUT2D eigenvalue weighted by Gasteiger charge is -1.96. The fourth-order valence-electron chi connectivity index (χ4n) is 0.689. The van der Waals surface area contributed by atoms with Crippen LogP contribution in [0.4, 0.5) is 0 Å². The molecule has 0 aliphatic carbocycles. The number of carbonyl (C=O) groups excluding carboxylic acids is 1. The molecule has 0 saturated carbocycles. The Hall–Kier alpha value is -1.05. The number of rotatable bonds is 5. The minimum absolute atomic E-state index is 0.259. The van der Waals surface area contributed by atoms with Crippen LogP contribution in [0.1, 0.15) is 26.7 Å². The van der Waals surface area contributed by atoms with Crippen molar-refractivity contribution in [2.45, 2.75) is 26.7 Å². The molecule has 12 heavy (non-hydrogen) atoms. The van der Waals surface area contributed by atoms with Crippen LogP contribution in [0.15, 0.2) is 25.0 Å². The number of hydrogen-bond acceptors (Lipinski definition) is 2. The Kier molecular flexibility index (Phi) is 6.07. The highest BCUT2D eigenvalue weighted by Crippen LogP contribution is 2.00. The molecule has 0 radical (unpaired) electrons. The van der Waals surface area contributed by atoms with E-state index in [0.717, 1.165) is 12.7 Å². The lowest BCUT2D eigenvalue weighted by molar-refractivity contribution is -0.136. The minimum atomic E-state index is -0.259. The van der Waals surface area contributed by atoms with E-state index in [1.165, 1.54) is 0 Å². The Bertz CT molecular complexity index is 169. The molecule has 0 fully saturated rings. The maximum Gasteiger partial charge on any atom is 0.314 e. The molecule has 0 N–H and O–H groups in total. The van der Waals surface area contributed by atoms with Crippen molar-refractivity contribution in [3.05, 3.63) is 25.0 Å². The third-order valence-corrected chi connectivity index (χ3v) is 1.27. The van der Waals surface area contributed by atoms with E-state index in [9.17, 15) is 4.79 Å². The van der Waals surface area contributed by atoms with Gasteiger partial charge in [-0.15, -0.1) is 0 Å². The maximum absolute atomic E-state index is 10.7. The Balaban J connectivity index is 3.46. The number of carbonyl (C=O) groups is 1. The molecule has 0 aromatic rings. The van der Waals surface area contributed by atoms with E-state index in [0.29, 0.717) is 12.3 Å². The first-order chi connectivity index (χ1) is 5.66. The van der Waals surface area contributed by atoms with Crippen LogP contribution in [-0.2, 0) is 9.53 Å². The van der Waals surface area contributed by atoms with Gasteiger partial charge in [-0.2, -0.15) is 0 Å². The fourth-order valence-corrected chi connectivity index (χ4v) is 0.689. The van der Waals surface area contributed by atoms with Crippen molar-refractivity contribution in [1.82, 2.24) is 0 Å². The second kappa shape index (κ2) is 6.65. The molecule has 0 amide bonds. The molecular weight excluding hydrogens is 152 g/mol. The topological polar surface area (TPSA) is 26.3 Å². The van der Waals surface area contributed by atoms with Crippen LogP contribution in [0.25, 0.3) is 0 Å². The molecule has 0 unspecified atom stereocenters. The van der Waals surface area contributed by atoms with Crippen LogP contribution < -0.4 is 0 Å². The molecule has 0 spiro atoms. The summed E-state index contributed by atoms with van der Waals surface area (Å²) in [6.45, 7) is 7.55. The average molecular weight is 168 g/mol. The summed E-state index contributed by atoms with van der Waals surface area (Å²) in [7, 11) is 0. The molecule has 0 heterocycles. The molecule has 0 aliphatic heterocycles. The van der Waals surface area contributed by atoms with Gasteiger partial charge in [-0.1, -0.05) is 32.6 Å². The van der Waals surface area contributed by atoms with Crippen molar-refractivity contribution in [1.29, 1.82) is 0 Å². The lowest BCUT2D eigenvalue weighted by atomic mass is 10.1. The third-order valence-electron chi connectivity index (χ3n) is 1.27. The second-order valence-corrected chi connectivity index (χ2v) is 2.96. The Morgan fingerprint density at radius 1 is 1.50 bits per heavy atom. The molecule has 2 nitrogen and oxygen atoms in total. The monoisotopic (exact) mass is 168 g/mol. The van der Waals surface area contributed by atoms with Crippen LogP contribution in [0.5, 0.6) is 0 Å². The number of hydrogen-bond donors (Lipinski definition) is 0. The standard InChI is InChI=1S/C10H16O2/c1-4-12-10(11)8-6-5-7-9(2)3/h4-6,9H,1,7-8H2,2-3H3.